The van der Waals surface area contributed by atoms with Gasteiger partial charge in [-0.1, -0.05) is 72.8 Å². The van der Waals surface area contributed by atoms with Crippen LogP contribution in [0.3, 0.4) is 0 Å². The Hall–Kier alpha value is -7.75. The van der Waals surface area contributed by atoms with E-state index in [1.807, 2.05) is 48.6 Å². The molecule has 0 fully saturated rings. The van der Waals surface area contributed by atoms with Crippen molar-refractivity contribution in [2.24, 2.45) is 0 Å². The van der Waals surface area contributed by atoms with Gasteiger partial charge in [-0.15, -0.1) is 11.0 Å². The Bertz CT molecular complexity index is 2980. The summed E-state index contributed by atoms with van der Waals surface area (Å²) in [6.07, 6.45) is 7.46. The van der Waals surface area contributed by atoms with Gasteiger partial charge in [0.1, 0.15) is 0 Å². The van der Waals surface area contributed by atoms with E-state index in [2.05, 4.69) is 0 Å². The minimum absolute atomic E-state index is 0. The molecule has 0 saturated heterocycles. The zero-order valence-electron chi connectivity index (χ0n) is 30.9. The quantitative estimate of drug-likeness (QED) is 0.114. The van der Waals surface area contributed by atoms with Crippen LogP contribution in [0.15, 0.2) is 121 Å². The fraction of sp³-hybridized carbons (Fsp3) is 0. The third kappa shape index (κ3) is 6.97. The minimum atomic E-state index is -1.07. The Balaban J connectivity index is 0.00000499. The maximum Gasteiger partial charge on any atom is 0.335 e. The molecule has 294 valence electrons. The molecule has 4 N–H and O–H groups in total. The number of hydrogen-bond donors (Lipinski definition) is 4. The first kappa shape index (κ1) is 39.1. The summed E-state index contributed by atoms with van der Waals surface area (Å²) in [4.78, 5) is 62.9. The van der Waals surface area contributed by atoms with Gasteiger partial charge >= 0.3 is 23.9 Å². The molecule has 4 heterocycles. The molecule has 5 aromatic rings. The number of aromatic nitrogens is 3. The van der Waals surface area contributed by atoms with Crippen molar-refractivity contribution in [1.82, 2.24) is 15.0 Å². The van der Waals surface area contributed by atoms with Crippen LogP contribution in [0.25, 0.3) is 79.8 Å². The summed E-state index contributed by atoms with van der Waals surface area (Å²) in [5.74, 6) is -4.27. The number of carbonyl (C=O) groups is 4. The van der Waals surface area contributed by atoms with Gasteiger partial charge in [0.25, 0.3) is 0 Å². The predicted molar refractivity (Wildman–Crippen MR) is 222 cm³/mol. The Morgan fingerprint density at radius 2 is 0.600 bits per heavy atom. The van der Waals surface area contributed by atoms with Crippen LogP contribution >= 0.6 is 0 Å². The molecule has 1 aliphatic carbocycles. The molecule has 9 rings (SSSR count). The number of aromatic carboxylic acids is 4. The topological polar surface area (TPSA) is 189 Å². The van der Waals surface area contributed by atoms with Crippen molar-refractivity contribution in [3.63, 3.8) is 0 Å². The monoisotopic (exact) mass is 969 g/mol. The molecule has 3 aliphatic heterocycles. The van der Waals surface area contributed by atoms with Crippen LogP contribution < -0.4 is 4.98 Å². The van der Waals surface area contributed by atoms with Gasteiger partial charge in [-0.25, -0.2) is 29.1 Å². The molecular formula is C48H28N3O8Pt-. The molecule has 1 aromatic heterocycles. The molecule has 6 bridgehead atoms. The number of carboxylic acid groups (broad SMARTS) is 4. The average molecular weight is 970 g/mol. The van der Waals surface area contributed by atoms with Crippen molar-refractivity contribution in [3.05, 3.63) is 177 Å². The molecular weight excluding hydrogens is 942 g/mol. The second-order valence-corrected chi connectivity index (χ2v) is 13.8. The van der Waals surface area contributed by atoms with E-state index in [1.54, 1.807) is 48.5 Å². The normalized spacial score (nSPS) is 11.6. The molecule has 12 heteroatoms. The largest absolute Gasteiger partial charge is 0.657 e. The number of fused-ring (bicyclic) bond motifs is 6. The number of rotatable bonds is 8. The number of nitrogens with zero attached hydrogens (tertiary/aromatic N) is 3. The zero-order chi connectivity index (χ0) is 40.9. The average Bonchev–Trinajstić information content (AvgIpc) is 4.02. The summed E-state index contributed by atoms with van der Waals surface area (Å²) >= 11 is 0. The van der Waals surface area contributed by atoms with Crippen LogP contribution in [0.4, 0.5) is 0 Å². The van der Waals surface area contributed by atoms with E-state index in [9.17, 15) is 39.6 Å². The van der Waals surface area contributed by atoms with Crippen molar-refractivity contribution < 1.29 is 60.7 Å². The Morgan fingerprint density at radius 1 is 0.350 bits per heavy atom. The number of carboxylic acids is 4. The van der Waals surface area contributed by atoms with Crippen molar-refractivity contribution in [1.29, 1.82) is 0 Å². The maximum absolute atomic E-state index is 11.9. The van der Waals surface area contributed by atoms with E-state index in [0.29, 0.717) is 78.3 Å². The first-order chi connectivity index (χ1) is 28.5. The van der Waals surface area contributed by atoms with E-state index < -0.39 is 23.9 Å². The van der Waals surface area contributed by atoms with Crippen LogP contribution in [0.5, 0.6) is 0 Å². The standard InChI is InChI=1S/C48H29N3O8.Pt/c52-45(53)29-9-1-25(2-10-29)41-33-17-18-34(33)42(26-3-11-30(12-4-26)46(54)55)36-20-22-38(50-36)44(28-7-15-32(16-8-28)48(58)59)40-24-23-39(51-40)43(37-21-19-35(41)49-37)27-5-13-31(14-6-27)47(56)57;/h1-24H,(H5,49,50,51,52,53,54,55,56,57,58,59);/p-1. The molecule has 4 aromatic carbocycles. The number of benzene rings is 4. The van der Waals surface area contributed by atoms with Gasteiger partial charge in [0, 0.05) is 32.2 Å². The summed E-state index contributed by atoms with van der Waals surface area (Å²) in [5.41, 5.74) is 9.11. The van der Waals surface area contributed by atoms with Gasteiger partial charge in [0.2, 0.25) is 0 Å². The van der Waals surface area contributed by atoms with Gasteiger partial charge in [-0.2, -0.15) is 0 Å². The molecule has 4 aliphatic rings. The smallest absolute Gasteiger partial charge is 0.335 e. The van der Waals surface area contributed by atoms with E-state index in [-0.39, 0.29) is 43.3 Å². The molecule has 0 amide bonds. The van der Waals surface area contributed by atoms with Crippen molar-refractivity contribution >= 4 is 59.2 Å². The van der Waals surface area contributed by atoms with E-state index in [1.165, 1.54) is 48.5 Å². The Morgan fingerprint density at radius 3 is 0.850 bits per heavy atom. The summed E-state index contributed by atoms with van der Waals surface area (Å²) < 4.78 is 0. The van der Waals surface area contributed by atoms with Gasteiger partial charge in [-0.05, 0) is 117 Å². The first-order valence-electron chi connectivity index (χ1n) is 18.2. The van der Waals surface area contributed by atoms with Crippen molar-refractivity contribution in [3.8, 4) is 44.5 Å². The van der Waals surface area contributed by atoms with Crippen molar-refractivity contribution in [2.45, 2.75) is 0 Å². The van der Waals surface area contributed by atoms with Crippen molar-refractivity contribution in [2.75, 3.05) is 0 Å². The molecule has 60 heavy (non-hydrogen) atoms. The molecule has 0 spiro atoms. The molecule has 0 saturated carbocycles. The van der Waals surface area contributed by atoms with Gasteiger partial charge in [-0.3, -0.25) is 0 Å². The summed E-state index contributed by atoms with van der Waals surface area (Å²) in [6, 6.07) is 33.5. The molecule has 11 nitrogen and oxygen atoms in total. The van der Waals surface area contributed by atoms with E-state index in [4.69, 9.17) is 15.0 Å². The van der Waals surface area contributed by atoms with Crippen LogP contribution in [0.1, 0.15) is 64.2 Å². The van der Waals surface area contributed by atoms with Gasteiger partial charge < -0.3 is 25.4 Å². The van der Waals surface area contributed by atoms with Crippen LogP contribution in [0, 0.1) is 10.4 Å². The van der Waals surface area contributed by atoms with E-state index >= 15 is 0 Å². The summed E-state index contributed by atoms with van der Waals surface area (Å²) in [6.45, 7) is 0. The van der Waals surface area contributed by atoms with Crippen LogP contribution in [0.2, 0.25) is 0 Å². The molecule has 0 unspecified atom stereocenters. The van der Waals surface area contributed by atoms with Gasteiger partial charge in [0.15, 0.2) is 0 Å². The van der Waals surface area contributed by atoms with Gasteiger partial charge in [0.05, 0.1) is 45.0 Å². The second kappa shape index (κ2) is 15.5. The number of hydrogen-bond acceptors (Lipinski definition) is 6. The minimum Gasteiger partial charge on any atom is -0.657 e. The first-order valence-corrected chi connectivity index (χ1v) is 18.2. The Labute approximate surface area is 354 Å². The SMILES string of the molecule is O=C(O)c1ccc(-c2c3nc(c(-c4ccc(C(=O)O)cc4)c4ccc([n-]4)c(-c4ccc(C(=O)O)cc4)c4nc(c(-c5ccc(C(=O)O)cc5)c5ccc2=5)C=C4)C=C3)cc1.[Pt]. The fourth-order valence-corrected chi connectivity index (χ4v) is 7.46. The third-order valence-electron chi connectivity index (χ3n) is 10.4. The fourth-order valence-electron chi connectivity index (χ4n) is 7.46. The maximum atomic E-state index is 11.9. The summed E-state index contributed by atoms with van der Waals surface area (Å²) in [7, 11) is 0. The second-order valence-electron chi connectivity index (χ2n) is 13.8. The Kier molecular flexibility index (Phi) is 10.1. The predicted octanol–water partition coefficient (Wildman–Crippen LogP) is 9.42. The summed E-state index contributed by atoms with van der Waals surface area (Å²) in [5, 5.41) is 40.3. The third-order valence-corrected chi connectivity index (χ3v) is 10.4. The zero-order valence-corrected chi connectivity index (χ0v) is 33.2. The molecule has 0 radical (unpaired) electrons. The van der Waals surface area contributed by atoms with Crippen LogP contribution in [-0.4, -0.2) is 54.3 Å². The molecule has 0 atom stereocenters. The van der Waals surface area contributed by atoms with Crippen LogP contribution in [-0.2, 0) is 21.1 Å². The van der Waals surface area contributed by atoms with E-state index in [0.717, 1.165) is 10.4 Å².